The van der Waals surface area contributed by atoms with E-state index in [4.69, 9.17) is 5.73 Å². The predicted molar refractivity (Wildman–Crippen MR) is 71.5 cm³/mol. The van der Waals surface area contributed by atoms with Gasteiger partial charge < -0.3 is 10.6 Å². The summed E-state index contributed by atoms with van der Waals surface area (Å²) in [5.74, 6) is 0.417. The summed E-state index contributed by atoms with van der Waals surface area (Å²) in [7, 11) is 0. The Bertz CT molecular complexity index is 469. The zero-order valence-corrected chi connectivity index (χ0v) is 10.3. The Balaban J connectivity index is 1.81. The van der Waals surface area contributed by atoms with Gasteiger partial charge in [0.1, 0.15) is 0 Å². The van der Waals surface area contributed by atoms with E-state index in [1.54, 1.807) is 11.3 Å². The van der Waals surface area contributed by atoms with Crippen molar-refractivity contribution in [3.63, 3.8) is 0 Å². The van der Waals surface area contributed by atoms with E-state index < -0.39 is 0 Å². The van der Waals surface area contributed by atoms with E-state index in [2.05, 4.69) is 34.1 Å². The molecule has 1 aliphatic heterocycles. The molecule has 2 aromatic rings. The van der Waals surface area contributed by atoms with Crippen molar-refractivity contribution in [2.45, 2.75) is 12.0 Å². The second-order valence-electron chi connectivity index (χ2n) is 4.40. The largest absolute Gasteiger partial charge is 0.346 e. The van der Waals surface area contributed by atoms with Gasteiger partial charge in [-0.3, -0.25) is 0 Å². The van der Waals surface area contributed by atoms with Crippen LogP contribution in [-0.4, -0.2) is 24.1 Å². The summed E-state index contributed by atoms with van der Waals surface area (Å²) < 4.78 is 0. The van der Waals surface area contributed by atoms with Crippen molar-refractivity contribution in [3.05, 3.63) is 47.5 Å². The van der Waals surface area contributed by atoms with Crippen LogP contribution in [0.2, 0.25) is 0 Å². The number of hydrogen-bond donors (Lipinski definition) is 1. The van der Waals surface area contributed by atoms with Crippen molar-refractivity contribution < 1.29 is 0 Å². The van der Waals surface area contributed by atoms with E-state index in [0.29, 0.717) is 5.92 Å². The summed E-state index contributed by atoms with van der Waals surface area (Å²) in [6, 6.07) is 10.7. The van der Waals surface area contributed by atoms with E-state index in [9.17, 15) is 0 Å². The van der Waals surface area contributed by atoms with Crippen LogP contribution in [0.25, 0.3) is 0 Å². The average Bonchev–Trinajstić information content (AvgIpc) is 2.99. The summed E-state index contributed by atoms with van der Waals surface area (Å²) in [5.41, 5.74) is 7.58. The molecule has 1 aliphatic rings. The van der Waals surface area contributed by atoms with Gasteiger partial charge in [0.25, 0.3) is 0 Å². The number of benzene rings is 1. The second-order valence-corrected chi connectivity index (χ2v) is 5.27. The first kappa shape index (κ1) is 10.7. The maximum Gasteiger partial charge on any atom is 0.185 e. The Labute approximate surface area is 105 Å². The van der Waals surface area contributed by atoms with Crippen molar-refractivity contribution in [1.29, 1.82) is 0 Å². The van der Waals surface area contributed by atoms with Crippen LogP contribution in [-0.2, 0) is 0 Å². The average molecular weight is 245 g/mol. The number of anilines is 1. The van der Waals surface area contributed by atoms with Crippen LogP contribution in [0.1, 0.15) is 11.5 Å². The molecule has 1 aromatic heterocycles. The van der Waals surface area contributed by atoms with Gasteiger partial charge in [-0.25, -0.2) is 4.98 Å². The molecular formula is C13H15N3S. The first-order valence-electron chi connectivity index (χ1n) is 5.79. The van der Waals surface area contributed by atoms with Gasteiger partial charge in [-0.2, -0.15) is 0 Å². The Morgan fingerprint density at radius 2 is 2.06 bits per heavy atom. The van der Waals surface area contributed by atoms with Gasteiger partial charge in [0.05, 0.1) is 0 Å². The van der Waals surface area contributed by atoms with Crippen LogP contribution in [0, 0.1) is 0 Å². The lowest BCUT2D eigenvalue weighted by Gasteiger charge is -2.14. The maximum absolute atomic E-state index is 6.24. The zero-order chi connectivity index (χ0) is 11.7. The molecule has 0 radical (unpaired) electrons. The molecule has 0 unspecified atom stereocenters. The summed E-state index contributed by atoms with van der Waals surface area (Å²) in [6.07, 6.45) is 1.85. The number of hydrogen-bond acceptors (Lipinski definition) is 4. The minimum absolute atomic E-state index is 0.196. The molecule has 0 bridgehead atoms. The van der Waals surface area contributed by atoms with Crippen molar-refractivity contribution in [2.75, 3.05) is 18.0 Å². The van der Waals surface area contributed by atoms with E-state index in [1.807, 2.05) is 17.6 Å². The molecule has 0 saturated carbocycles. The van der Waals surface area contributed by atoms with E-state index in [-0.39, 0.29) is 6.04 Å². The standard InChI is InChI=1S/C13H15N3S/c14-12-9-16(13-15-6-7-17-13)8-11(12)10-4-2-1-3-5-10/h1-7,11-12H,8-9,14H2/t11-,12+/m0/s1. The normalized spacial score (nSPS) is 24.2. The van der Waals surface area contributed by atoms with Crippen molar-refractivity contribution in [3.8, 4) is 0 Å². The van der Waals surface area contributed by atoms with Gasteiger partial charge in [0, 0.05) is 36.6 Å². The lowest BCUT2D eigenvalue weighted by Crippen LogP contribution is -2.28. The third-order valence-corrected chi connectivity index (χ3v) is 4.11. The van der Waals surface area contributed by atoms with Gasteiger partial charge >= 0.3 is 0 Å². The van der Waals surface area contributed by atoms with Gasteiger partial charge in [-0.1, -0.05) is 30.3 Å². The molecule has 3 rings (SSSR count). The van der Waals surface area contributed by atoms with Gasteiger partial charge in [-0.15, -0.1) is 11.3 Å². The lowest BCUT2D eigenvalue weighted by molar-refractivity contribution is 0.653. The number of nitrogens with zero attached hydrogens (tertiary/aromatic N) is 2. The van der Waals surface area contributed by atoms with Gasteiger partial charge in [0.2, 0.25) is 0 Å². The number of rotatable bonds is 2. The number of aromatic nitrogens is 1. The third kappa shape index (κ3) is 2.06. The molecule has 0 spiro atoms. The Hall–Kier alpha value is -1.39. The minimum Gasteiger partial charge on any atom is -0.346 e. The van der Waals surface area contributed by atoms with Crippen molar-refractivity contribution >= 4 is 16.5 Å². The molecule has 2 atom stereocenters. The zero-order valence-electron chi connectivity index (χ0n) is 9.49. The number of nitrogens with two attached hydrogens (primary N) is 1. The molecule has 3 nitrogen and oxygen atoms in total. The Kier molecular flexibility index (Phi) is 2.82. The molecule has 2 N–H and O–H groups in total. The lowest BCUT2D eigenvalue weighted by atomic mass is 9.95. The van der Waals surface area contributed by atoms with Gasteiger partial charge in [-0.05, 0) is 5.56 Å². The summed E-state index contributed by atoms with van der Waals surface area (Å²) in [5, 5.41) is 3.09. The quantitative estimate of drug-likeness (QED) is 0.880. The Morgan fingerprint density at radius 3 is 2.76 bits per heavy atom. The summed E-state index contributed by atoms with van der Waals surface area (Å²) in [6.45, 7) is 1.87. The van der Waals surface area contributed by atoms with Crippen molar-refractivity contribution in [1.82, 2.24) is 4.98 Å². The van der Waals surface area contributed by atoms with Crippen LogP contribution in [0.3, 0.4) is 0 Å². The van der Waals surface area contributed by atoms with Crippen LogP contribution in [0.4, 0.5) is 5.13 Å². The minimum atomic E-state index is 0.196. The summed E-state index contributed by atoms with van der Waals surface area (Å²) in [4.78, 5) is 6.63. The third-order valence-electron chi connectivity index (χ3n) is 3.28. The molecule has 1 fully saturated rings. The van der Waals surface area contributed by atoms with E-state index >= 15 is 0 Å². The predicted octanol–water partition coefficient (Wildman–Crippen LogP) is 2.07. The topological polar surface area (TPSA) is 42.1 Å². The van der Waals surface area contributed by atoms with Gasteiger partial charge in [0.15, 0.2) is 5.13 Å². The highest BCUT2D eigenvalue weighted by Crippen LogP contribution is 2.30. The molecule has 0 aliphatic carbocycles. The number of thiazole rings is 1. The highest BCUT2D eigenvalue weighted by atomic mass is 32.1. The van der Waals surface area contributed by atoms with E-state index in [0.717, 1.165) is 18.2 Å². The highest BCUT2D eigenvalue weighted by Gasteiger charge is 2.32. The molecule has 17 heavy (non-hydrogen) atoms. The van der Waals surface area contributed by atoms with Crippen LogP contribution < -0.4 is 10.6 Å². The first-order chi connectivity index (χ1) is 8.34. The summed E-state index contributed by atoms with van der Waals surface area (Å²) >= 11 is 1.68. The van der Waals surface area contributed by atoms with Crippen LogP contribution in [0.15, 0.2) is 41.9 Å². The molecule has 1 aromatic carbocycles. The molecule has 4 heteroatoms. The van der Waals surface area contributed by atoms with Crippen LogP contribution >= 0.6 is 11.3 Å². The molecule has 0 amide bonds. The molecular weight excluding hydrogens is 230 g/mol. The smallest absolute Gasteiger partial charge is 0.185 e. The van der Waals surface area contributed by atoms with E-state index in [1.165, 1.54) is 5.56 Å². The molecule has 88 valence electrons. The SMILES string of the molecule is N[C@@H]1CN(c2nccs2)C[C@H]1c1ccccc1. The highest BCUT2D eigenvalue weighted by molar-refractivity contribution is 7.13. The van der Waals surface area contributed by atoms with Crippen LogP contribution in [0.5, 0.6) is 0 Å². The fourth-order valence-corrected chi connectivity index (χ4v) is 3.07. The fourth-order valence-electron chi connectivity index (χ4n) is 2.41. The fraction of sp³-hybridized carbons (Fsp3) is 0.308. The second kappa shape index (κ2) is 4.47. The molecule has 1 saturated heterocycles. The monoisotopic (exact) mass is 245 g/mol. The first-order valence-corrected chi connectivity index (χ1v) is 6.67. The molecule has 2 heterocycles. The Morgan fingerprint density at radius 1 is 1.24 bits per heavy atom. The van der Waals surface area contributed by atoms with Crippen molar-refractivity contribution in [2.24, 2.45) is 5.73 Å². The maximum atomic E-state index is 6.24.